The zero-order valence-corrected chi connectivity index (χ0v) is 14.8. The molecule has 6 nitrogen and oxygen atoms in total. The van der Waals surface area contributed by atoms with Crippen LogP contribution in [-0.2, 0) is 4.74 Å². The van der Waals surface area contributed by atoms with E-state index < -0.39 is 5.60 Å². The van der Waals surface area contributed by atoms with Gasteiger partial charge >= 0.3 is 6.09 Å². The average Bonchev–Trinajstić information content (AvgIpc) is 2.91. The van der Waals surface area contributed by atoms with E-state index in [9.17, 15) is 4.79 Å². The highest BCUT2D eigenvalue weighted by Crippen LogP contribution is 2.19. The first-order chi connectivity index (χ1) is 10.9. The number of ether oxygens (including phenoxy) is 1. The Kier molecular flexibility index (Phi) is 5.91. The van der Waals surface area contributed by atoms with Gasteiger partial charge < -0.3 is 20.3 Å². The van der Waals surface area contributed by atoms with Gasteiger partial charge in [-0.25, -0.2) is 4.79 Å². The number of nitrogens with one attached hydrogen (secondary N) is 2. The van der Waals surface area contributed by atoms with E-state index in [1.807, 2.05) is 20.8 Å². The Hall–Kier alpha value is -1.72. The SMILES string of the molecule is CN=C(NCCC1=CCCC1)NC1CN(C(=O)OC(C)(C)C)C1. The second kappa shape index (κ2) is 7.70. The zero-order chi connectivity index (χ0) is 16.9. The molecule has 0 unspecified atom stereocenters. The van der Waals surface area contributed by atoms with E-state index in [0.29, 0.717) is 13.1 Å². The topological polar surface area (TPSA) is 66.0 Å². The predicted octanol–water partition coefficient (Wildman–Crippen LogP) is 2.27. The standard InChI is InChI=1S/C17H30N4O2/c1-17(2,3)23-16(22)21-11-14(12-21)20-15(18-4)19-10-9-13-7-5-6-8-13/h7,14H,5-6,8-12H2,1-4H3,(H2,18,19,20). The fourth-order valence-electron chi connectivity index (χ4n) is 2.74. The summed E-state index contributed by atoms with van der Waals surface area (Å²) in [7, 11) is 1.77. The van der Waals surface area contributed by atoms with Crippen molar-refractivity contribution in [2.24, 2.45) is 4.99 Å². The smallest absolute Gasteiger partial charge is 0.410 e. The van der Waals surface area contributed by atoms with Crippen molar-refractivity contribution in [3.63, 3.8) is 0 Å². The molecule has 0 bridgehead atoms. The van der Waals surface area contributed by atoms with Crippen LogP contribution in [0.2, 0.25) is 0 Å². The maximum absolute atomic E-state index is 11.9. The molecular formula is C17H30N4O2. The first-order valence-electron chi connectivity index (χ1n) is 8.50. The van der Waals surface area contributed by atoms with Crippen molar-refractivity contribution in [3.05, 3.63) is 11.6 Å². The summed E-state index contributed by atoms with van der Waals surface area (Å²) in [6.07, 6.45) is 6.95. The Balaban J connectivity index is 1.64. The van der Waals surface area contributed by atoms with E-state index in [1.165, 1.54) is 19.3 Å². The predicted molar refractivity (Wildman–Crippen MR) is 92.6 cm³/mol. The number of aliphatic imine (C=N–C) groups is 1. The maximum Gasteiger partial charge on any atom is 0.410 e. The quantitative estimate of drug-likeness (QED) is 0.473. The Bertz CT molecular complexity index is 473. The number of allylic oxidation sites excluding steroid dienone is 1. The molecule has 2 rings (SSSR count). The van der Waals surface area contributed by atoms with Crippen LogP contribution < -0.4 is 10.6 Å². The Morgan fingerprint density at radius 1 is 1.43 bits per heavy atom. The third-order valence-corrected chi connectivity index (χ3v) is 3.97. The molecule has 0 aromatic rings. The molecule has 2 aliphatic rings. The molecular weight excluding hydrogens is 292 g/mol. The summed E-state index contributed by atoms with van der Waals surface area (Å²) < 4.78 is 5.35. The normalized spacial score (nSPS) is 19.2. The minimum atomic E-state index is -0.442. The molecule has 1 heterocycles. The minimum absolute atomic E-state index is 0.236. The molecule has 0 atom stereocenters. The summed E-state index contributed by atoms with van der Waals surface area (Å²) >= 11 is 0. The van der Waals surface area contributed by atoms with Crippen LogP contribution in [0.5, 0.6) is 0 Å². The Morgan fingerprint density at radius 3 is 2.74 bits per heavy atom. The maximum atomic E-state index is 11.9. The molecule has 0 aromatic carbocycles. The molecule has 1 amide bonds. The van der Waals surface area contributed by atoms with Crippen LogP contribution in [0.1, 0.15) is 46.5 Å². The van der Waals surface area contributed by atoms with Crippen LogP contribution in [0.3, 0.4) is 0 Å². The van der Waals surface area contributed by atoms with Crippen LogP contribution in [0, 0.1) is 0 Å². The number of hydrogen-bond donors (Lipinski definition) is 2. The number of carbonyl (C=O) groups is 1. The van der Waals surface area contributed by atoms with Crippen LogP contribution in [0.25, 0.3) is 0 Å². The zero-order valence-electron chi connectivity index (χ0n) is 14.8. The number of nitrogens with zero attached hydrogens (tertiary/aromatic N) is 2. The molecule has 0 saturated carbocycles. The Morgan fingerprint density at radius 2 is 2.17 bits per heavy atom. The van der Waals surface area contributed by atoms with E-state index in [0.717, 1.165) is 18.9 Å². The monoisotopic (exact) mass is 322 g/mol. The summed E-state index contributed by atoms with van der Waals surface area (Å²) in [4.78, 5) is 17.8. The highest BCUT2D eigenvalue weighted by atomic mass is 16.6. The van der Waals surface area contributed by atoms with Crippen molar-refractivity contribution in [3.8, 4) is 0 Å². The van der Waals surface area contributed by atoms with E-state index in [1.54, 1.807) is 17.5 Å². The lowest BCUT2D eigenvalue weighted by Gasteiger charge is -2.40. The van der Waals surface area contributed by atoms with Gasteiger partial charge in [-0.05, 0) is 46.5 Å². The van der Waals surface area contributed by atoms with Gasteiger partial charge in [0.15, 0.2) is 5.96 Å². The number of rotatable bonds is 4. The molecule has 1 fully saturated rings. The summed E-state index contributed by atoms with van der Waals surface area (Å²) in [5.74, 6) is 0.803. The Labute approximate surface area is 139 Å². The molecule has 2 N–H and O–H groups in total. The highest BCUT2D eigenvalue weighted by Gasteiger charge is 2.34. The third-order valence-electron chi connectivity index (χ3n) is 3.97. The van der Waals surface area contributed by atoms with Crippen molar-refractivity contribution in [2.75, 3.05) is 26.7 Å². The van der Waals surface area contributed by atoms with Crippen LogP contribution in [0.4, 0.5) is 4.79 Å². The van der Waals surface area contributed by atoms with Gasteiger partial charge in [0.1, 0.15) is 5.60 Å². The van der Waals surface area contributed by atoms with Gasteiger partial charge in [0.2, 0.25) is 0 Å². The fourth-order valence-corrected chi connectivity index (χ4v) is 2.74. The van der Waals surface area contributed by atoms with Gasteiger partial charge in [-0.3, -0.25) is 4.99 Å². The van der Waals surface area contributed by atoms with E-state index in [-0.39, 0.29) is 12.1 Å². The summed E-state index contributed by atoms with van der Waals surface area (Å²) in [6.45, 7) is 7.85. The van der Waals surface area contributed by atoms with Crippen molar-refractivity contribution in [1.29, 1.82) is 0 Å². The van der Waals surface area contributed by atoms with Crippen LogP contribution in [-0.4, -0.2) is 55.3 Å². The lowest BCUT2D eigenvalue weighted by molar-refractivity contribution is 0.00701. The lowest BCUT2D eigenvalue weighted by atomic mass is 10.1. The second-order valence-electron chi connectivity index (χ2n) is 7.23. The van der Waals surface area contributed by atoms with Gasteiger partial charge in [0, 0.05) is 26.7 Å². The number of carbonyl (C=O) groups excluding carboxylic acids is 1. The van der Waals surface area contributed by atoms with Gasteiger partial charge in [-0.15, -0.1) is 0 Å². The van der Waals surface area contributed by atoms with Gasteiger partial charge in [0.05, 0.1) is 6.04 Å². The number of guanidine groups is 1. The molecule has 1 aliphatic carbocycles. The van der Waals surface area contributed by atoms with Crippen molar-refractivity contribution >= 4 is 12.1 Å². The van der Waals surface area contributed by atoms with Gasteiger partial charge in [-0.1, -0.05) is 11.6 Å². The van der Waals surface area contributed by atoms with E-state index in [4.69, 9.17) is 4.74 Å². The van der Waals surface area contributed by atoms with E-state index in [2.05, 4.69) is 21.7 Å². The first-order valence-corrected chi connectivity index (χ1v) is 8.50. The fraction of sp³-hybridized carbons (Fsp3) is 0.765. The summed E-state index contributed by atoms with van der Waals surface area (Å²) in [6, 6.07) is 0.236. The molecule has 6 heteroatoms. The molecule has 1 saturated heterocycles. The second-order valence-corrected chi connectivity index (χ2v) is 7.23. The molecule has 130 valence electrons. The number of hydrogen-bond acceptors (Lipinski definition) is 3. The highest BCUT2D eigenvalue weighted by molar-refractivity contribution is 5.80. The lowest BCUT2D eigenvalue weighted by Crippen LogP contribution is -2.63. The molecule has 23 heavy (non-hydrogen) atoms. The van der Waals surface area contributed by atoms with Crippen molar-refractivity contribution in [1.82, 2.24) is 15.5 Å². The average molecular weight is 322 g/mol. The largest absolute Gasteiger partial charge is 0.444 e. The first kappa shape index (κ1) is 17.6. The van der Waals surface area contributed by atoms with Crippen LogP contribution >= 0.6 is 0 Å². The van der Waals surface area contributed by atoms with Gasteiger partial charge in [0.25, 0.3) is 0 Å². The summed E-state index contributed by atoms with van der Waals surface area (Å²) in [5.41, 5.74) is 1.11. The molecule has 0 aromatic heterocycles. The number of amides is 1. The van der Waals surface area contributed by atoms with Crippen molar-refractivity contribution < 1.29 is 9.53 Å². The van der Waals surface area contributed by atoms with Gasteiger partial charge in [-0.2, -0.15) is 0 Å². The third kappa shape index (κ3) is 5.77. The number of likely N-dealkylation sites (tertiary alicyclic amines) is 1. The minimum Gasteiger partial charge on any atom is -0.444 e. The molecule has 0 radical (unpaired) electrons. The van der Waals surface area contributed by atoms with Crippen LogP contribution in [0.15, 0.2) is 16.6 Å². The molecule has 0 spiro atoms. The molecule has 1 aliphatic heterocycles. The van der Waals surface area contributed by atoms with E-state index >= 15 is 0 Å². The summed E-state index contributed by atoms with van der Waals surface area (Å²) in [5, 5.41) is 6.69. The van der Waals surface area contributed by atoms with Crippen molar-refractivity contribution in [2.45, 2.75) is 58.1 Å².